The van der Waals surface area contributed by atoms with Crippen molar-refractivity contribution in [2.75, 3.05) is 13.2 Å². The van der Waals surface area contributed by atoms with Gasteiger partial charge in [-0.05, 0) is 45.9 Å². The number of carbonyl (C=O) groups is 2. The van der Waals surface area contributed by atoms with E-state index in [0.717, 1.165) is 12.1 Å². The van der Waals surface area contributed by atoms with Gasteiger partial charge in [-0.25, -0.2) is 4.68 Å². The molecule has 1 aromatic heterocycles. The molecule has 0 saturated carbocycles. The maximum absolute atomic E-state index is 13.0. The molecule has 1 fully saturated rings. The Labute approximate surface area is 166 Å². The number of aryl methyl sites for hydroxylation is 1. The minimum atomic E-state index is -4.50. The first-order valence-electron chi connectivity index (χ1n) is 9.21. The fraction of sp³-hybridized carbons (Fsp3) is 0.450. The molecule has 29 heavy (non-hydrogen) atoms. The Morgan fingerprint density at radius 3 is 2.55 bits per heavy atom. The third kappa shape index (κ3) is 4.05. The molecule has 2 heterocycles. The predicted octanol–water partition coefficient (Wildman–Crippen LogP) is 3.33. The number of ether oxygens (including phenoxy) is 1. The van der Waals surface area contributed by atoms with Crippen LogP contribution in [0.1, 0.15) is 41.2 Å². The third-order valence-electron chi connectivity index (χ3n) is 5.00. The number of ketones is 1. The molecule has 156 valence electrons. The van der Waals surface area contributed by atoms with Crippen LogP contribution in [-0.2, 0) is 15.7 Å². The highest BCUT2D eigenvalue weighted by Gasteiger charge is 2.35. The van der Waals surface area contributed by atoms with Gasteiger partial charge in [0, 0.05) is 6.54 Å². The number of morpholine rings is 1. The number of rotatable bonds is 3. The Bertz CT molecular complexity index is 952. The van der Waals surface area contributed by atoms with E-state index in [1.807, 2.05) is 6.92 Å². The van der Waals surface area contributed by atoms with Crippen LogP contribution in [0.4, 0.5) is 13.2 Å². The van der Waals surface area contributed by atoms with Crippen LogP contribution in [0.3, 0.4) is 0 Å². The summed E-state index contributed by atoms with van der Waals surface area (Å²) in [5.74, 6) is -1.39. The van der Waals surface area contributed by atoms with Gasteiger partial charge in [0.25, 0.3) is 11.7 Å². The van der Waals surface area contributed by atoms with Gasteiger partial charge in [-0.1, -0.05) is 6.07 Å². The van der Waals surface area contributed by atoms with E-state index in [1.54, 1.807) is 20.8 Å². The number of Topliss-reactive ketones (excluding diaryl/α,β-unsaturated/α-hetero) is 1. The Hall–Kier alpha value is -2.68. The second-order valence-corrected chi connectivity index (χ2v) is 7.29. The van der Waals surface area contributed by atoms with Crippen molar-refractivity contribution in [1.82, 2.24) is 14.7 Å². The lowest BCUT2D eigenvalue weighted by Crippen LogP contribution is -2.52. The summed E-state index contributed by atoms with van der Waals surface area (Å²) in [6.07, 6.45) is -4.68. The van der Waals surface area contributed by atoms with Crippen LogP contribution in [0, 0.1) is 13.8 Å². The van der Waals surface area contributed by atoms with E-state index in [1.165, 1.54) is 21.7 Å². The highest BCUT2D eigenvalue weighted by atomic mass is 19.4. The monoisotopic (exact) mass is 409 g/mol. The van der Waals surface area contributed by atoms with Crippen LogP contribution in [0.5, 0.6) is 0 Å². The van der Waals surface area contributed by atoms with Gasteiger partial charge in [-0.2, -0.15) is 18.3 Å². The van der Waals surface area contributed by atoms with Crippen molar-refractivity contribution >= 4 is 11.7 Å². The zero-order chi connectivity index (χ0) is 21.5. The van der Waals surface area contributed by atoms with Crippen molar-refractivity contribution in [2.45, 2.75) is 46.0 Å². The highest BCUT2D eigenvalue weighted by molar-refractivity contribution is 6.43. The summed E-state index contributed by atoms with van der Waals surface area (Å²) >= 11 is 0. The third-order valence-corrected chi connectivity index (χ3v) is 5.00. The van der Waals surface area contributed by atoms with E-state index < -0.39 is 23.4 Å². The molecule has 1 aliphatic rings. The van der Waals surface area contributed by atoms with Crippen LogP contribution in [-0.4, -0.2) is 51.7 Å². The van der Waals surface area contributed by atoms with Gasteiger partial charge in [-0.15, -0.1) is 0 Å². The topological polar surface area (TPSA) is 64.4 Å². The number of alkyl halides is 3. The number of nitrogens with zero attached hydrogens (tertiary/aromatic N) is 3. The number of hydrogen-bond donors (Lipinski definition) is 0. The molecule has 1 amide bonds. The van der Waals surface area contributed by atoms with Crippen molar-refractivity contribution in [3.63, 3.8) is 0 Å². The van der Waals surface area contributed by atoms with Crippen molar-refractivity contribution in [3.05, 3.63) is 46.8 Å². The summed E-state index contributed by atoms with van der Waals surface area (Å²) in [6.45, 7) is 7.37. The molecule has 0 radical (unpaired) electrons. The molecule has 9 heteroatoms. The maximum atomic E-state index is 13.0. The summed E-state index contributed by atoms with van der Waals surface area (Å²) in [7, 11) is 0. The summed E-state index contributed by atoms with van der Waals surface area (Å²) < 4.78 is 45.8. The first-order chi connectivity index (χ1) is 13.5. The lowest BCUT2D eigenvalue weighted by Gasteiger charge is -2.36. The first kappa shape index (κ1) is 21.0. The molecule has 0 unspecified atom stereocenters. The van der Waals surface area contributed by atoms with E-state index in [-0.39, 0.29) is 29.1 Å². The Morgan fingerprint density at radius 2 is 1.90 bits per heavy atom. The second-order valence-electron chi connectivity index (χ2n) is 7.29. The lowest BCUT2D eigenvalue weighted by molar-refractivity contribution is -0.138. The maximum Gasteiger partial charge on any atom is 0.416 e. The predicted molar refractivity (Wildman–Crippen MR) is 99.0 cm³/mol. The fourth-order valence-electron chi connectivity index (χ4n) is 3.46. The van der Waals surface area contributed by atoms with Crippen LogP contribution >= 0.6 is 0 Å². The molecule has 3 rings (SSSR count). The molecular formula is C20H22F3N3O3. The zero-order valence-electron chi connectivity index (χ0n) is 16.6. The van der Waals surface area contributed by atoms with Crippen molar-refractivity contribution in [2.24, 2.45) is 0 Å². The molecule has 1 saturated heterocycles. The summed E-state index contributed by atoms with van der Waals surface area (Å²) in [5, 5.41) is 4.22. The first-order valence-corrected chi connectivity index (χ1v) is 9.21. The molecule has 0 N–H and O–H groups in total. The largest absolute Gasteiger partial charge is 0.416 e. The molecule has 1 aliphatic heterocycles. The molecular weight excluding hydrogens is 387 g/mol. The summed E-state index contributed by atoms with van der Waals surface area (Å²) in [4.78, 5) is 27.2. The molecule has 0 spiro atoms. The number of benzene rings is 1. The lowest BCUT2D eigenvalue weighted by atomic mass is 10.1. The number of halogens is 3. The van der Waals surface area contributed by atoms with Crippen molar-refractivity contribution in [1.29, 1.82) is 0 Å². The van der Waals surface area contributed by atoms with Gasteiger partial charge in [-0.3, -0.25) is 9.59 Å². The van der Waals surface area contributed by atoms with E-state index in [4.69, 9.17) is 4.74 Å². The van der Waals surface area contributed by atoms with Crippen molar-refractivity contribution in [3.8, 4) is 5.69 Å². The minimum Gasteiger partial charge on any atom is -0.375 e. The SMILES string of the molecule is Cc1nn(-c2cccc(C(F)(F)F)c2)c(C)c1C(=O)C(=O)N1C[C@@H](C)OC[C@@H]1C. The minimum absolute atomic E-state index is 0.110. The molecule has 0 aliphatic carbocycles. The van der Waals surface area contributed by atoms with Crippen LogP contribution in [0.15, 0.2) is 24.3 Å². The molecule has 6 nitrogen and oxygen atoms in total. The van der Waals surface area contributed by atoms with E-state index in [0.29, 0.717) is 18.8 Å². The van der Waals surface area contributed by atoms with Crippen LogP contribution in [0.25, 0.3) is 5.69 Å². The van der Waals surface area contributed by atoms with E-state index in [9.17, 15) is 22.8 Å². The van der Waals surface area contributed by atoms with E-state index >= 15 is 0 Å². The standard InChI is InChI=1S/C20H22F3N3O3/c1-11-10-29-12(2)9-25(11)19(28)18(27)17-13(3)24-26(14(17)4)16-7-5-6-15(8-16)20(21,22)23/h5-8,11-12H,9-10H2,1-4H3/t11-,12+/m0/s1. The highest BCUT2D eigenvalue weighted by Crippen LogP contribution is 2.31. The number of aromatic nitrogens is 2. The fourth-order valence-corrected chi connectivity index (χ4v) is 3.46. The molecule has 2 atom stereocenters. The number of hydrogen-bond acceptors (Lipinski definition) is 4. The Morgan fingerprint density at radius 1 is 1.21 bits per heavy atom. The summed E-state index contributed by atoms with van der Waals surface area (Å²) in [5.41, 5.74) is 0.0584. The molecule has 2 aromatic rings. The van der Waals surface area contributed by atoms with Gasteiger partial charge in [0.05, 0.1) is 47.0 Å². The van der Waals surface area contributed by atoms with Gasteiger partial charge in [0.2, 0.25) is 0 Å². The van der Waals surface area contributed by atoms with Gasteiger partial charge in [0.1, 0.15) is 0 Å². The Balaban J connectivity index is 1.96. The van der Waals surface area contributed by atoms with Gasteiger partial charge < -0.3 is 9.64 Å². The number of carbonyl (C=O) groups excluding carboxylic acids is 2. The van der Waals surface area contributed by atoms with Crippen LogP contribution in [0.2, 0.25) is 0 Å². The smallest absolute Gasteiger partial charge is 0.375 e. The van der Waals surface area contributed by atoms with Gasteiger partial charge in [0.15, 0.2) is 0 Å². The Kier molecular flexibility index (Phi) is 5.53. The zero-order valence-corrected chi connectivity index (χ0v) is 16.6. The van der Waals surface area contributed by atoms with E-state index in [2.05, 4.69) is 5.10 Å². The average molecular weight is 409 g/mol. The molecule has 1 aromatic carbocycles. The normalized spacial score (nSPS) is 20.0. The van der Waals surface area contributed by atoms with Crippen molar-refractivity contribution < 1.29 is 27.5 Å². The molecule has 0 bridgehead atoms. The van der Waals surface area contributed by atoms with Crippen LogP contribution < -0.4 is 0 Å². The van der Waals surface area contributed by atoms with Gasteiger partial charge >= 0.3 is 6.18 Å². The quantitative estimate of drug-likeness (QED) is 0.576. The number of amides is 1. The summed E-state index contributed by atoms with van der Waals surface area (Å²) in [6, 6.07) is 4.42. The second kappa shape index (κ2) is 7.62. The average Bonchev–Trinajstić information content (AvgIpc) is 2.96.